The average molecular weight is 374 g/mol. The fraction of sp³-hybridized carbons (Fsp3) is 0.300. The van der Waals surface area contributed by atoms with Gasteiger partial charge in [-0.05, 0) is 31.0 Å². The van der Waals surface area contributed by atoms with Crippen LogP contribution < -0.4 is 16.0 Å². The second-order valence-electron chi connectivity index (χ2n) is 6.46. The van der Waals surface area contributed by atoms with Crippen LogP contribution in [0.25, 0.3) is 0 Å². The van der Waals surface area contributed by atoms with Crippen LogP contribution in [0.4, 0.5) is 5.69 Å². The van der Waals surface area contributed by atoms with Crippen LogP contribution in [0.3, 0.4) is 0 Å². The Morgan fingerprint density at radius 2 is 1.85 bits per heavy atom. The van der Waals surface area contributed by atoms with Gasteiger partial charge in [0.15, 0.2) is 0 Å². The summed E-state index contributed by atoms with van der Waals surface area (Å²) in [5, 5.41) is 2.83. The number of nitrogens with zero attached hydrogens (tertiary/aromatic N) is 1. The highest BCUT2D eigenvalue weighted by molar-refractivity contribution is 6.01. The van der Waals surface area contributed by atoms with Gasteiger partial charge in [0.25, 0.3) is 0 Å². The molecule has 0 spiro atoms. The molecule has 0 saturated carbocycles. The van der Waals surface area contributed by atoms with Crippen molar-refractivity contribution in [1.29, 1.82) is 0 Å². The SMILES string of the molecule is Cc1ccc(N2CCC(NC(=O)CC(N)c3ccccc3)C2=O)cc1.Cl. The Bertz CT molecular complexity index is 749. The summed E-state index contributed by atoms with van der Waals surface area (Å²) in [5.74, 6) is -0.258. The van der Waals surface area contributed by atoms with Crippen LogP contribution in [0.15, 0.2) is 54.6 Å². The van der Waals surface area contributed by atoms with Gasteiger partial charge in [0.2, 0.25) is 11.8 Å². The van der Waals surface area contributed by atoms with Crippen LogP contribution in [0.5, 0.6) is 0 Å². The van der Waals surface area contributed by atoms with Crippen molar-refractivity contribution >= 4 is 29.9 Å². The number of nitrogens with two attached hydrogens (primary N) is 1. The molecule has 0 aliphatic carbocycles. The molecule has 138 valence electrons. The summed E-state index contributed by atoms with van der Waals surface area (Å²) < 4.78 is 0. The molecule has 2 aromatic rings. The van der Waals surface area contributed by atoms with Crippen molar-refractivity contribution in [2.45, 2.75) is 31.8 Å². The van der Waals surface area contributed by atoms with Crippen molar-refractivity contribution in [1.82, 2.24) is 5.32 Å². The van der Waals surface area contributed by atoms with Crippen LogP contribution in [-0.4, -0.2) is 24.4 Å². The van der Waals surface area contributed by atoms with Crippen molar-refractivity contribution in [2.24, 2.45) is 5.73 Å². The average Bonchev–Trinajstić information content (AvgIpc) is 2.97. The summed E-state index contributed by atoms with van der Waals surface area (Å²) in [5.41, 5.74) is 9.01. The first-order chi connectivity index (χ1) is 12.0. The van der Waals surface area contributed by atoms with Crippen molar-refractivity contribution in [2.75, 3.05) is 11.4 Å². The fourth-order valence-electron chi connectivity index (χ4n) is 3.07. The zero-order valence-electron chi connectivity index (χ0n) is 14.7. The lowest BCUT2D eigenvalue weighted by Crippen LogP contribution is -2.42. The van der Waals surface area contributed by atoms with E-state index in [2.05, 4.69) is 5.32 Å². The molecule has 2 amide bonds. The number of hydrogen-bond acceptors (Lipinski definition) is 3. The largest absolute Gasteiger partial charge is 0.344 e. The molecule has 0 radical (unpaired) electrons. The maximum atomic E-state index is 12.6. The van der Waals surface area contributed by atoms with Gasteiger partial charge in [0.05, 0.1) is 0 Å². The van der Waals surface area contributed by atoms with Crippen molar-refractivity contribution in [3.8, 4) is 0 Å². The predicted molar refractivity (Wildman–Crippen MR) is 105 cm³/mol. The Balaban J connectivity index is 0.00000243. The molecule has 2 atom stereocenters. The number of amides is 2. The van der Waals surface area contributed by atoms with E-state index in [9.17, 15) is 9.59 Å². The number of aryl methyl sites for hydroxylation is 1. The fourth-order valence-corrected chi connectivity index (χ4v) is 3.07. The molecular formula is C20H24ClN3O2. The van der Waals surface area contributed by atoms with Gasteiger partial charge < -0.3 is 16.0 Å². The molecule has 5 nitrogen and oxygen atoms in total. The number of benzene rings is 2. The summed E-state index contributed by atoms with van der Waals surface area (Å²) in [4.78, 5) is 26.5. The van der Waals surface area contributed by atoms with E-state index in [1.165, 1.54) is 0 Å². The number of anilines is 1. The smallest absolute Gasteiger partial charge is 0.249 e. The van der Waals surface area contributed by atoms with Gasteiger partial charge in [-0.15, -0.1) is 12.4 Å². The summed E-state index contributed by atoms with van der Waals surface area (Å²) >= 11 is 0. The third kappa shape index (κ3) is 4.62. The summed E-state index contributed by atoms with van der Waals surface area (Å²) in [6, 6.07) is 16.5. The molecule has 1 aliphatic rings. The number of halogens is 1. The molecule has 1 heterocycles. The molecule has 2 unspecified atom stereocenters. The molecule has 1 saturated heterocycles. The number of carbonyl (C=O) groups excluding carboxylic acids is 2. The zero-order chi connectivity index (χ0) is 17.8. The van der Waals surface area contributed by atoms with Crippen LogP contribution >= 0.6 is 12.4 Å². The van der Waals surface area contributed by atoms with Crippen LogP contribution in [0, 0.1) is 6.92 Å². The molecular weight excluding hydrogens is 350 g/mol. The Labute approximate surface area is 160 Å². The Morgan fingerprint density at radius 3 is 2.50 bits per heavy atom. The number of hydrogen-bond donors (Lipinski definition) is 2. The van der Waals surface area contributed by atoms with E-state index in [1.807, 2.05) is 61.5 Å². The molecule has 2 aromatic carbocycles. The van der Waals surface area contributed by atoms with E-state index in [1.54, 1.807) is 4.90 Å². The molecule has 0 aromatic heterocycles. The van der Waals surface area contributed by atoms with Gasteiger partial charge in [-0.1, -0.05) is 48.0 Å². The van der Waals surface area contributed by atoms with E-state index in [4.69, 9.17) is 5.73 Å². The molecule has 1 aliphatic heterocycles. The maximum absolute atomic E-state index is 12.6. The summed E-state index contributed by atoms with van der Waals surface area (Å²) in [7, 11) is 0. The molecule has 3 N–H and O–H groups in total. The standard InChI is InChI=1S/C20H23N3O2.ClH/c1-14-7-9-16(10-8-14)23-12-11-18(20(23)25)22-19(24)13-17(21)15-5-3-2-4-6-15;/h2-10,17-18H,11-13,21H2,1H3,(H,22,24);1H. The highest BCUT2D eigenvalue weighted by Gasteiger charge is 2.33. The molecule has 3 rings (SSSR count). The van der Waals surface area contributed by atoms with E-state index >= 15 is 0 Å². The monoisotopic (exact) mass is 373 g/mol. The second kappa shape index (κ2) is 8.83. The van der Waals surface area contributed by atoms with Gasteiger partial charge in [-0.3, -0.25) is 9.59 Å². The highest BCUT2D eigenvalue weighted by Crippen LogP contribution is 2.22. The number of nitrogens with one attached hydrogen (secondary N) is 1. The van der Waals surface area contributed by atoms with Crippen molar-refractivity contribution in [3.63, 3.8) is 0 Å². The Morgan fingerprint density at radius 1 is 1.19 bits per heavy atom. The first-order valence-electron chi connectivity index (χ1n) is 8.52. The van der Waals surface area contributed by atoms with Crippen LogP contribution in [0.1, 0.15) is 30.0 Å². The van der Waals surface area contributed by atoms with E-state index in [-0.39, 0.29) is 36.7 Å². The lowest BCUT2D eigenvalue weighted by Gasteiger charge is -2.18. The van der Waals surface area contributed by atoms with E-state index in [0.717, 1.165) is 16.8 Å². The van der Waals surface area contributed by atoms with Gasteiger partial charge >= 0.3 is 0 Å². The molecule has 0 bridgehead atoms. The van der Waals surface area contributed by atoms with Crippen LogP contribution in [0.2, 0.25) is 0 Å². The molecule has 1 fully saturated rings. The van der Waals surface area contributed by atoms with Crippen LogP contribution in [-0.2, 0) is 9.59 Å². The van der Waals surface area contributed by atoms with Gasteiger partial charge in [-0.25, -0.2) is 0 Å². The molecule has 26 heavy (non-hydrogen) atoms. The lowest BCUT2D eigenvalue weighted by molar-refractivity contribution is -0.126. The third-order valence-electron chi connectivity index (χ3n) is 4.52. The predicted octanol–water partition coefficient (Wildman–Crippen LogP) is 2.73. The van der Waals surface area contributed by atoms with Gasteiger partial charge in [-0.2, -0.15) is 0 Å². The van der Waals surface area contributed by atoms with E-state index in [0.29, 0.717) is 13.0 Å². The van der Waals surface area contributed by atoms with Gasteiger partial charge in [0.1, 0.15) is 6.04 Å². The number of carbonyl (C=O) groups is 2. The van der Waals surface area contributed by atoms with E-state index < -0.39 is 6.04 Å². The third-order valence-corrected chi connectivity index (χ3v) is 4.52. The highest BCUT2D eigenvalue weighted by atomic mass is 35.5. The minimum absolute atomic E-state index is 0. The first-order valence-corrected chi connectivity index (χ1v) is 8.52. The Hall–Kier alpha value is -2.37. The quantitative estimate of drug-likeness (QED) is 0.846. The zero-order valence-corrected chi connectivity index (χ0v) is 15.5. The number of rotatable bonds is 5. The second-order valence-corrected chi connectivity index (χ2v) is 6.46. The van der Waals surface area contributed by atoms with Crippen molar-refractivity contribution < 1.29 is 9.59 Å². The van der Waals surface area contributed by atoms with Crippen molar-refractivity contribution in [3.05, 3.63) is 65.7 Å². The summed E-state index contributed by atoms with van der Waals surface area (Å²) in [6.45, 7) is 2.62. The minimum Gasteiger partial charge on any atom is -0.344 e. The molecule has 6 heteroatoms. The lowest BCUT2D eigenvalue weighted by atomic mass is 10.0. The summed E-state index contributed by atoms with van der Waals surface area (Å²) in [6.07, 6.45) is 0.775. The maximum Gasteiger partial charge on any atom is 0.249 e. The minimum atomic E-state index is -0.475. The Kier molecular flexibility index (Phi) is 6.77. The van der Waals surface area contributed by atoms with Gasteiger partial charge in [0, 0.05) is 24.7 Å². The topological polar surface area (TPSA) is 75.4 Å². The normalized spacial score (nSPS) is 17.5. The first kappa shape index (κ1) is 19.9.